The second-order valence-electron chi connectivity index (χ2n) is 8.13. The molecule has 0 aromatic heterocycles. The molecule has 0 bridgehead atoms. The number of benzene rings is 1. The predicted octanol–water partition coefficient (Wildman–Crippen LogP) is 3.02. The van der Waals surface area contributed by atoms with Crippen LogP contribution in [0, 0.1) is 27.4 Å². The zero-order chi connectivity index (χ0) is 25.7. The molecule has 1 unspecified atom stereocenters. The summed E-state index contributed by atoms with van der Waals surface area (Å²) in [7, 11) is 0. The van der Waals surface area contributed by atoms with E-state index in [0.29, 0.717) is 43.8 Å². The van der Waals surface area contributed by atoms with Crippen molar-refractivity contribution < 1.29 is 28.7 Å². The summed E-state index contributed by atoms with van der Waals surface area (Å²) in [6, 6.07) is 6.54. The SMILES string of the molecule is CCOC(=O)C1=C(C)OC(N)=C(C#N)C1c1ccc(N2CCC(C(=O)OCC)CC2)c([N+](=O)[O-])c1. The highest BCUT2D eigenvalue weighted by atomic mass is 16.6. The fraction of sp³-hybridized carbons (Fsp3) is 0.458. The Hall–Kier alpha value is -4.07. The van der Waals surface area contributed by atoms with Crippen molar-refractivity contribution in [1.29, 1.82) is 5.26 Å². The Balaban J connectivity index is 1.99. The van der Waals surface area contributed by atoms with Gasteiger partial charge in [-0.15, -0.1) is 0 Å². The lowest BCUT2D eigenvalue weighted by molar-refractivity contribution is -0.384. The highest BCUT2D eigenvalue weighted by Crippen LogP contribution is 2.42. The maximum atomic E-state index is 12.7. The largest absolute Gasteiger partial charge is 0.466 e. The molecule has 11 heteroatoms. The second kappa shape index (κ2) is 10.9. The van der Waals surface area contributed by atoms with Crippen LogP contribution in [0.3, 0.4) is 0 Å². The minimum absolute atomic E-state index is 0.0315. The first kappa shape index (κ1) is 25.6. The molecule has 1 aromatic carbocycles. The lowest BCUT2D eigenvalue weighted by Crippen LogP contribution is -2.37. The van der Waals surface area contributed by atoms with E-state index in [1.165, 1.54) is 13.0 Å². The molecule has 11 nitrogen and oxygen atoms in total. The lowest BCUT2D eigenvalue weighted by Gasteiger charge is -2.32. The van der Waals surface area contributed by atoms with E-state index in [-0.39, 0.29) is 47.0 Å². The predicted molar refractivity (Wildman–Crippen MR) is 125 cm³/mol. The van der Waals surface area contributed by atoms with Crippen LogP contribution in [0.25, 0.3) is 0 Å². The van der Waals surface area contributed by atoms with Gasteiger partial charge in [0.2, 0.25) is 5.88 Å². The number of hydrogen-bond donors (Lipinski definition) is 1. The maximum Gasteiger partial charge on any atom is 0.338 e. The van der Waals surface area contributed by atoms with Crippen LogP contribution < -0.4 is 10.6 Å². The number of nitro benzene ring substituents is 1. The molecule has 186 valence electrons. The van der Waals surface area contributed by atoms with Crippen LogP contribution in [0.15, 0.2) is 41.0 Å². The van der Waals surface area contributed by atoms with Gasteiger partial charge < -0.3 is 24.8 Å². The monoisotopic (exact) mass is 484 g/mol. The Bertz CT molecular complexity index is 1130. The molecular formula is C24H28N4O7. The van der Waals surface area contributed by atoms with Crippen molar-refractivity contribution in [3.05, 3.63) is 56.7 Å². The number of carbonyl (C=O) groups excluding carboxylic acids is 2. The number of rotatable bonds is 7. The number of nitrogens with zero attached hydrogens (tertiary/aromatic N) is 3. The van der Waals surface area contributed by atoms with Crippen molar-refractivity contribution in [3.8, 4) is 6.07 Å². The number of anilines is 1. The van der Waals surface area contributed by atoms with Crippen molar-refractivity contribution in [1.82, 2.24) is 0 Å². The fourth-order valence-corrected chi connectivity index (χ4v) is 4.44. The number of hydrogen-bond acceptors (Lipinski definition) is 10. The highest BCUT2D eigenvalue weighted by Gasteiger charge is 2.38. The number of ether oxygens (including phenoxy) is 3. The minimum Gasteiger partial charge on any atom is -0.466 e. The summed E-state index contributed by atoms with van der Waals surface area (Å²) in [6.45, 7) is 6.23. The average Bonchev–Trinajstić information content (AvgIpc) is 2.83. The summed E-state index contributed by atoms with van der Waals surface area (Å²) in [5.74, 6) is -2.16. The summed E-state index contributed by atoms with van der Waals surface area (Å²) < 4.78 is 15.6. The van der Waals surface area contributed by atoms with Crippen molar-refractivity contribution in [3.63, 3.8) is 0 Å². The molecule has 0 saturated carbocycles. The van der Waals surface area contributed by atoms with Gasteiger partial charge in [-0.1, -0.05) is 6.07 Å². The molecule has 2 N–H and O–H groups in total. The first-order chi connectivity index (χ1) is 16.7. The zero-order valence-electron chi connectivity index (χ0n) is 19.9. The molecule has 2 aliphatic heterocycles. The van der Waals surface area contributed by atoms with Gasteiger partial charge in [-0.2, -0.15) is 5.26 Å². The van der Waals surface area contributed by atoms with Crippen LogP contribution in [0.5, 0.6) is 0 Å². The number of allylic oxidation sites excluding steroid dienone is 2. The Morgan fingerprint density at radius 3 is 2.49 bits per heavy atom. The Morgan fingerprint density at radius 1 is 1.26 bits per heavy atom. The molecule has 1 fully saturated rings. The molecular weight excluding hydrogens is 456 g/mol. The van der Waals surface area contributed by atoms with Crippen LogP contribution in [0.2, 0.25) is 0 Å². The molecule has 1 saturated heterocycles. The Morgan fingerprint density at radius 2 is 1.91 bits per heavy atom. The third-order valence-electron chi connectivity index (χ3n) is 6.09. The van der Waals surface area contributed by atoms with Crippen LogP contribution in [-0.4, -0.2) is 43.2 Å². The standard InChI is InChI=1S/C24H28N4O7/c1-4-33-23(29)15-8-10-27(11-9-15)18-7-6-16(12-19(18)28(31)32)21-17(13-25)22(26)35-14(3)20(21)24(30)34-5-2/h6-7,12,15,21H,4-5,8-11,26H2,1-3H3. The van der Waals surface area contributed by atoms with Crippen LogP contribution in [-0.2, 0) is 23.8 Å². The lowest BCUT2D eigenvalue weighted by atomic mass is 9.82. The van der Waals surface area contributed by atoms with Crippen molar-refractivity contribution in [2.24, 2.45) is 11.7 Å². The first-order valence-electron chi connectivity index (χ1n) is 11.4. The van der Waals surface area contributed by atoms with E-state index in [2.05, 4.69) is 0 Å². The summed E-state index contributed by atoms with van der Waals surface area (Å²) >= 11 is 0. The van der Waals surface area contributed by atoms with Gasteiger partial charge in [0.15, 0.2) is 0 Å². The number of nitrogens with two attached hydrogens (primary N) is 1. The second-order valence-corrected chi connectivity index (χ2v) is 8.13. The molecule has 0 spiro atoms. The first-order valence-corrected chi connectivity index (χ1v) is 11.4. The van der Waals surface area contributed by atoms with E-state index in [1.807, 2.05) is 11.0 Å². The quantitative estimate of drug-likeness (QED) is 0.346. The van der Waals surface area contributed by atoms with Gasteiger partial charge in [0, 0.05) is 19.2 Å². The molecule has 35 heavy (non-hydrogen) atoms. The van der Waals surface area contributed by atoms with Crippen molar-refractivity contribution in [2.75, 3.05) is 31.2 Å². The maximum absolute atomic E-state index is 12.7. The van der Waals surface area contributed by atoms with Gasteiger partial charge >= 0.3 is 11.9 Å². The fourth-order valence-electron chi connectivity index (χ4n) is 4.44. The highest BCUT2D eigenvalue weighted by molar-refractivity contribution is 5.92. The number of nitro groups is 1. The van der Waals surface area contributed by atoms with E-state index in [1.54, 1.807) is 26.0 Å². The van der Waals surface area contributed by atoms with Gasteiger partial charge in [0.25, 0.3) is 5.69 Å². The summed E-state index contributed by atoms with van der Waals surface area (Å²) in [6.07, 6.45) is 1.04. The van der Waals surface area contributed by atoms with E-state index >= 15 is 0 Å². The summed E-state index contributed by atoms with van der Waals surface area (Å²) in [4.78, 5) is 38.1. The average molecular weight is 485 g/mol. The third-order valence-corrected chi connectivity index (χ3v) is 6.09. The molecule has 0 aliphatic carbocycles. The summed E-state index contributed by atoms with van der Waals surface area (Å²) in [5.41, 5.74) is 6.50. The molecule has 2 heterocycles. The molecule has 0 radical (unpaired) electrons. The molecule has 2 aliphatic rings. The third kappa shape index (κ3) is 5.21. The topological polar surface area (TPSA) is 158 Å². The van der Waals surface area contributed by atoms with E-state index in [9.17, 15) is 25.0 Å². The van der Waals surface area contributed by atoms with Crippen molar-refractivity contribution in [2.45, 2.75) is 39.5 Å². The van der Waals surface area contributed by atoms with Gasteiger partial charge in [0.1, 0.15) is 23.1 Å². The van der Waals surface area contributed by atoms with Gasteiger partial charge in [0.05, 0.1) is 35.5 Å². The smallest absolute Gasteiger partial charge is 0.338 e. The molecule has 1 atom stereocenters. The number of piperidine rings is 1. The summed E-state index contributed by atoms with van der Waals surface area (Å²) in [5, 5.41) is 21.8. The van der Waals surface area contributed by atoms with E-state index in [0.717, 1.165) is 0 Å². The van der Waals surface area contributed by atoms with Gasteiger partial charge in [-0.25, -0.2) is 4.79 Å². The molecule has 0 amide bonds. The van der Waals surface area contributed by atoms with E-state index < -0.39 is 16.8 Å². The Labute approximate surface area is 202 Å². The number of nitriles is 1. The normalized spacial score (nSPS) is 18.6. The number of carbonyl (C=O) groups is 2. The van der Waals surface area contributed by atoms with Gasteiger partial charge in [-0.3, -0.25) is 14.9 Å². The van der Waals surface area contributed by atoms with Crippen molar-refractivity contribution >= 4 is 23.3 Å². The number of esters is 2. The zero-order valence-corrected chi connectivity index (χ0v) is 19.9. The molecule has 1 aromatic rings. The Kier molecular flexibility index (Phi) is 7.96. The van der Waals surface area contributed by atoms with E-state index in [4.69, 9.17) is 19.9 Å². The van der Waals surface area contributed by atoms with Crippen LogP contribution in [0.4, 0.5) is 11.4 Å². The van der Waals surface area contributed by atoms with Crippen LogP contribution in [0.1, 0.15) is 45.1 Å². The molecule has 3 rings (SSSR count). The van der Waals surface area contributed by atoms with Crippen LogP contribution >= 0.6 is 0 Å². The minimum atomic E-state index is -0.977. The van der Waals surface area contributed by atoms with Gasteiger partial charge in [-0.05, 0) is 45.2 Å².